The molecular weight excluding hydrogens is 385 g/mol. The minimum absolute atomic E-state index is 0.0551. The molecule has 0 saturated carbocycles. The summed E-state index contributed by atoms with van der Waals surface area (Å²) >= 11 is 12.4. The number of benzene rings is 2. The summed E-state index contributed by atoms with van der Waals surface area (Å²) in [5, 5.41) is 11.3. The maximum absolute atomic E-state index is 12.8. The number of carbonyl (C=O) groups excluding carboxylic acids is 1. The first-order chi connectivity index (χ1) is 13.1. The number of hydrogen-bond acceptors (Lipinski definition) is 4. The summed E-state index contributed by atoms with van der Waals surface area (Å²) in [6, 6.07) is 19.0. The van der Waals surface area contributed by atoms with Crippen molar-refractivity contribution in [3.05, 3.63) is 99.8 Å². The summed E-state index contributed by atoms with van der Waals surface area (Å²) in [5.74, 6) is -1.12. The molecule has 1 aromatic heterocycles. The quantitative estimate of drug-likeness (QED) is 0.346. The Balaban J connectivity index is 2.02. The Morgan fingerprint density at radius 3 is 2.22 bits per heavy atom. The largest absolute Gasteiger partial charge is 0.506 e. The van der Waals surface area contributed by atoms with E-state index in [1.165, 1.54) is 6.20 Å². The maximum atomic E-state index is 12.8. The van der Waals surface area contributed by atoms with E-state index in [9.17, 15) is 9.90 Å². The van der Waals surface area contributed by atoms with Crippen LogP contribution in [0.5, 0.6) is 0 Å². The maximum Gasteiger partial charge on any atom is 0.344 e. The van der Waals surface area contributed by atoms with Gasteiger partial charge in [-0.2, -0.15) is 0 Å². The van der Waals surface area contributed by atoms with E-state index in [2.05, 4.69) is 4.98 Å². The molecule has 0 radical (unpaired) electrons. The molecule has 0 unspecified atom stereocenters. The lowest BCUT2D eigenvalue weighted by atomic mass is 10.0. The van der Waals surface area contributed by atoms with Crippen LogP contribution in [0, 0.1) is 0 Å². The molecule has 0 amide bonds. The van der Waals surface area contributed by atoms with Crippen LogP contribution in [0.15, 0.2) is 72.9 Å². The molecule has 6 heteroatoms. The van der Waals surface area contributed by atoms with Gasteiger partial charge in [0.2, 0.25) is 0 Å². The molecule has 3 aromatic rings. The van der Waals surface area contributed by atoms with Gasteiger partial charge in [0.15, 0.2) is 0 Å². The van der Waals surface area contributed by atoms with Crippen LogP contribution >= 0.6 is 23.2 Å². The van der Waals surface area contributed by atoms with Crippen molar-refractivity contribution < 1.29 is 14.6 Å². The van der Waals surface area contributed by atoms with E-state index in [1.54, 1.807) is 36.4 Å². The third kappa shape index (κ3) is 4.48. The number of rotatable bonds is 5. The third-order valence-electron chi connectivity index (χ3n) is 3.77. The van der Waals surface area contributed by atoms with Gasteiger partial charge in [0, 0.05) is 6.20 Å². The molecule has 2 aromatic carbocycles. The van der Waals surface area contributed by atoms with Crippen LogP contribution in [-0.2, 0) is 16.1 Å². The topological polar surface area (TPSA) is 59.4 Å². The van der Waals surface area contributed by atoms with Crippen molar-refractivity contribution in [2.24, 2.45) is 0 Å². The number of aromatic nitrogens is 1. The standard InChI is InChI=1S/C21H15Cl2NO3/c22-15-9-6-10-16(23)18(15)20(25)19(17-11-4-5-12-24-17)21(26)27-13-14-7-2-1-3-8-14/h1-12,25H,13H2/b20-19+. The number of carbonyl (C=O) groups is 1. The number of ether oxygens (including phenoxy) is 1. The third-order valence-corrected chi connectivity index (χ3v) is 4.40. The van der Waals surface area contributed by atoms with Gasteiger partial charge < -0.3 is 9.84 Å². The molecule has 1 heterocycles. The van der Waals surface area contributed by atoms with Gasteiger partial charge in [-0.3, -0.25) is 4.98 Å². The molecule has 0 atom stereocenters. The van der Waals surface area contributed by atoms with E-state index in [1.807, 2.05) is 30.3 Å². The van der Waals surface area contributed by atoms with E-state index in [-0.39, 0.29) is 39.2 Å². The first-order valence-corrected chi connectivity index (χ1v) is 8.83. The first kappa shape index (κ1) is 19.0. The summed E-state index contributed by atoms with van der Waals surface area (Å²) in [4.78, 5) is 16.9. The Morgan fingerprint density at radius 2 is 1.59 bits per heavy atom. The number of esters is 1. The fourth-order valence-corrected chi connectivity index (χ4v) is 3.05. The SMILES string of the molecule is O=C(OCc1ccccc1)/C(=C(/O)c1c(Cl)cccc1Cl)c1ccccn1. The van der Waals surface area contributed by atoms with Crippen molar-refractivity contribution >= 4 is 40.5 Å². The van der Waals surface area contributed by atoms with Crippen LogP contribution in [0.2, 0.25) is 10.0 Å². The highest BCUT2D eigenvalue weighted by Gasteiger charge is 2.24. The van der Waals surface area contributed by atoms with Crippen molar-refractivity contribution in [2.45, 2.75) is 6.61 Å². The second kappa shape index (κ2) is 8.71. The first-order valence-electron chi connectivity index (χ1n) is 8.08. The molecule has 136 valence electrons. The van der Waals surface area contributed by atoms with Gasteiger partial charge in [-0.1, -0.05) is 65.7 Å². The molecule has 0 aliphatic heterocycles. The highest BCUT2D eigenvalue weighted by Crippen LogP contribution is 2.34. The summed E-state index contributed by atoms with van der Waals surface area (Å²) < 4.78 is 5.38. The summed E-state index contributed by atoms with van der Waals surface area (Å²) in [5.41, 5.74) is 1.12. The Labute approximate surface area is 166 Å². The van der Waals surface area contributed by atoms with Gasteiger partial charge in [0.1, 0.15) is 17.9 Å². The van der Waals surface area contributed by atoms with Crippen LogP contribution in [0.1, 0.15) is 16.8 Å². The molecule has 0 spiro atoms. The second-order valence-corrected chi connectivity index (χ2v) is 6.41. The molecule has 4 nitrogen and oxygen atoms in total. The average molecular weight is 400 g/mol. The van der Waals surface area contributed by atoms with Crippen molar-refractivity contribution in [3.8, 4) is 0 Å². The number of halogens is 2. The lowest BCUT2D eigenvalue weighted by Crippen LogP contribution is -2.11. The Hall–Kier alpha value is -2.82. The lowest BCUT2D eigenvalue weighted by molar-refractivity contribution is -0.137. The Morgan fingerprint density at radius 1 is 0.926 bits per heavy atom. The highest BCUT2D eigenvalue weighted by molar-refractivity contribution is 6.38. The molecule has 0 aliphatic carbocycles. The van der Waals surface area contributed by atoms with Crippen LogP contribution in [-0.4, -0.2) is 16.1 Å². The molecule has 0 fully saturated rings. The fraction of sp³-hybridized carbons (Fsp3) is 0.0476. The fourth-order valence-electron chi connectivity index (χ4n) is 2.48. The predicted molar refractivity (Wildman–Crippen MR) is 106 cm³/mol. The minimum Gasteiger partial charge on any atom is -0.506 e. The number of pyridine rings is 1. The summed E-state index contributed by atoms with van der Waals surface area (Å²) in [6.07, 6.45) is 1.52. The Bertz CT molecular complexity index is 953. The highest BCUT2D eigenvalue weighted by atomic mass is 35.5. The minimum atomic E-state index is -0.731. The van der Waals surface area contributed by atoms with Gasteiger partial charge in [-0.15, -0.1) is 0 Å². The molecular formula is C21H15Cl2NO3. The van der Waals surface area contributed by atoms with Crippen LogP contribution in [0.4, 0.5) is 0 Å². The monoisotopic (exact) mass is 399 g/mol. The van der Waals surface area contributed by atoms with E-state index < -0.39 is 5.97 Å². The van der Waals surface area contributed by atoms with Gasteiger partial charge in [0.25, 0.3) is 0 Å². The molecule has 0 aliphatic rings. The summed E-state index contributed by atoms with van der Waals surface area (Å²) in [7, 11) is 0. The smallest absolute Gasteiger partial charge is 0.344 e. The van der Waals surface area contributed by atoms with E-state index >= 15 is 0 Å². The van der Waals surface area contributed by atoms with Crippen LogP contribution in [0.25, 0.3) is 11.3 Å². The van der Waals surface area contributed by atoms with Gasteiger partial charge in [-0.25, -0.2) is 4.79 Å². The zero-order valence-corrected chi connectivity index (χ0v) is 15.6. The number of nitrogens with zero attached hydrogens (tertiary/aromatic N) is 1. The zero-order valence-electron chi connectivity index (χ0n) is 14.1. The van der Waals surface area contributed by atoms with Gasteiger partial charge in [-0.05, 0) is 29.8 Å². The molecule has 3 rings (SSSR count). The van der Waals surface area contributed by atoms with Crippen molar-refractivity contribution in [1.29, 1.82) is 0 Å². The van der Waals surface area contributed by atoms with Crippen molar-refractivity contribution in [2.75, 3.05) is 0 Å². The lowest BCUT2D eigenvalue weighted by Gasteiger charge is -2.13. The second-order valence-electron chi connectivity index (χ2n) is 5.60. The van der Waals surface area contributed by atoms with Crippen molar-refractivity contribution in [3.63, 3.8) is 0 Å². The van der Waals surface area contributed by atoms with Gasteiger partial charge >= 0.3 is 5.97 Å². The molecule has 1 N–H and O–H groups in total. The number of aliphatic hydroxyl groups excluding tert-OH is 1. The van der Waals surface area contributed by atoms with E-state index in [0.29, 0.717) is 0 Å². The molecule has 27 heavy (non-hydrogen) atoms. The summed E-state index contributed by atoms with van der Waals surface area (Å²) in [6.45, 7) is 0.0551. The predicted octanol–water partition coefficient (Wildman–Crippen LogP) is 5.56. The Kier molecular flexibility index (Phi) is 6.12. The average Bonchev–Trinajstić information content (AvgIpc) is 2.68. The van der Waals surface area contributed by atoms with Gasteiger partial charge in [0.05, 0.1) is 21.3 Å². The number of aliphatic hydroxyl groups is 1. The number of hydrogen-bond donors (Lipinski definition) is 1. The van der Waals surface area contributed by atoms with E-state index in [4.69, 9.17) is 27.9 Å². The van der Waals surface area contributed by atoms with Crippen molar-refractivity contribution in [1.82, 2.24) is 4.98 Å². The van der Waals surface area contributed by atoms with E-state index in [0.717, 1.165) is 5.56 Å². The van der Waals surface area contributed by atoms with Crippen LogP contribution < -0.4 is 0 Å². The van der Waals surface area contributed by atoms with Crippen LogP contribution in [0.3, 0.4) is 0 Å². The molecule has 0 bridgehead atoms. The normalized spacial score (nSPS) is 11.6. The molecule has 0 saturated heterocycles. The zero-order chi connectivity index (χ0) is 19.2.